The summed E-state index contributed by atoms with van der Waals surface area (Å²) < 4.78 is 5.57. The zero-order valence-corrected chi connectivity index (χ0v) is 23.1. The Bertz CT molecular complexity index is 1360. The topological polar surface area (TPSA) is 130 Å². The molecular formula is C31H34N4O6. The third kappa shape index (κ3) is 8.39. The van der Waals surface area contributed by atoms with Gasteiger partial charge in [0.1, 0.15) is 25.6 Å². The van der Waals surface area contributed by atoms with Crippen molar-refractivity contribution in [3.63, 3.8) is 0 Å². The molecule has 0 saturated carbocycles. The third-order valence-electron chi connectivity index (χ3n) is 6.56. The minimum absolute atomic E-state index is 0.0105. The minimum Gasteiger partial charge on any atom is -0.491 e. The number of aliphatic hydroxyl groups is 1. The molecule has 1 aliphatic heterocycles. The molecule has 0 bridgehead atoms. The van der Waals surface area contributed by atoms with Crippen LogP contribution in [0.1, 0.15) is 30.1 Å². The van der Waals surface area contributed by atoms with Crippen molar-refractivity contribution in [3.8, 4) is 16.9 Å². The van der Waals surface area contributed by atoms with Crippen molar-refractivity contribution in [1.82, 2.24) is 10.2 Å². The zero-order chi connectivity index (χ0) is 29.2. The highest BCUT2D eigenvalue weighted by Crippen LogP contribution is 2.24. The molecule has 10 nitrogen and oxygen atoms in total. The van der Waals surface area contributed by atoms with Crippen molar-refractivity contribution in [1.29, 1.82) is 0 Å². The van der Waals surface area contributed by atoms with E-state index in [1.54, 1.807) is 41.3 Å². The molecule has 1 unspecified atom stereocenters. The summed E-state index contributed by atoms with van der Waals surface area (Å²) in [6.45, 7) is 1.65. The van der Waals surface area contributed by atoms with Crippen LogP contribution in [0.15, 0.2) is 84.0 Å². The van der Waals surface area contributed by atoms with Gasteiger partial charge in [0.15, 0.2) is 0 Å². The van der Waals surface area contributed by atoms with E-state index in [2.05, 4.69) is 15.8 Å². The summed E-state index contributed by atoms with van der Waals surface area (Å²) in [6, 6.07) is 23.6. The van der Waals surface area contributed by atoms with E-state index < -0.39 is 12.1 Å². The Kier molecular flexibility index (Phi) is 10.1. The maximum absolute atomic E-state index is 13.4. The van der Waals surface area contributed by atoms with Crippen LogP contribution in [0.4, 0.5) is 5.69 Å². The average Bonchev–Trinajstić information content (AvgIpc) is 3.37. The molecule has 41 heavy (non-hydrogen) atoms. The van der Waals surface area contributed by atoms with E-state index >= 15 is 0 Å². The van der Waals surface area contributed by atoms with Gasteiger partial charge in [-0.2, -0.15) is 0 Å². The van der Waals surface area contributed by atoms with E-state index in [1.807, 2.05) is 42.5 Å². The monoisotopic (exact) mass is 558 g/mol. The largest absolute Gasteiger partial charge is 0.491 e. The highest BCUT2D eigenvalue weighted by Gasteiger charge is 2.35. The number of nitrogens with zero attached hydrogens (tertiary/aromatic N) is 2. The normalized spacial score (nSPS) is 16.2. The predicted molar refractivity (Wildman–Crippen MR) is 156 cm³/mol. The van der Waals surface area contributed by atoms with Gasteiger partial charge in [-0.25, -0.2) is 0 Å². The highest BCUT2D eigenvalue weighted by atomic mass is 16.6. The van der Waals surface area contributed by atoms with Crippen LogP contribution in [0.5, 0.6) is 5.75 Å². The first-order valence-electron chi connectivity index (χ1n) is 13.3. The van der Waals surface area contributed by atoms with Crippen LogP contribution in [0, 0.1) is 0 Å². The summed E-state index contributed by atoms with van der Waals surface area (Å²) in [6.07, 6.45) is -0.478. The molecule has 3 amide bonds. The number of amides is 3. The summed E-state index contributed by atoms with van der Waals surface area (Å²) in [5.41, 5.74) is 3.90. The van der Waals surface area contributed by atoms with Gasteiger partial charge in [0.05, 0.1) is 12.3 Å². The molecule has 0 aromatic heterocycles. The number of nitrogens with one attached hydrogen (secondary N) is 2. The molecule has 1 heterocycles. The number of carbonyl (C=O) groups excluding carboxylic acids is 3. The molecule has 1 aliphatic rings. The van der Waals surface area contributed by atoms with Crippen LogP contribution in [0.25, 0.3) is 11.1 Å². The number of carbonyl (C=O) groups is 3. The van der Waals surface area contributed by atoms with Crippen molar-refractivity contribution in [2.45, 2.75) is 31.9 Å². The summed E-state index contributed by atoms with van der Waals surface area (Å²) in [4.78, 5) is 43.9. The van der Waals surface area contributed by atoms with Gasteiger partial charge in [0, 0.05) is 43.6 Å². The van der Waals surface area contributed by atoms with Gasteiger partial charge in [0.25, 0.3) is 5.91 Å². The van der Waals surface area contributed by atoms with Gasteiger partial charge in [0.2, 0.25) is 11.8 Å². The molecule has 0 aliphatic carbocycles. The van der Waals surface area contributed by atoms with Crippen molar-refractivity contribution in [2.24, 2.45) is 5.16 Å². The van der Waals surface area contributed by atoms with Crippen LogP contribution < -0.4 is 15.4 Å². The molecule has 4 rings (SSSR count). The number of likely N-dealkylation sites (tertiary alicyclic amines) is 1. The first-order chi connectivity index (χ1) is 19.8. The lowest BCUT2D eigenvalue weighted by atomic mass is 10.0. The predicted octanol–water partition coefficient (Wildman–Crippen LogP) is 3.48. The van der Waals surface area contributed by atoms with Gasteiger partial charge in [-0.05, 0) is 47.5 Å². The Morgan fingerprint density at radius 1 is 1.00 bits per heavy atom. The summed E-state index contributed by atoms with van der Waals surface area (Å²) in [5, 5.41) is 19.7. The van der Waals surface area contributed by atoms with Gasteiger partial charge < -0.3 is 30.2 Å². The number of aliphatic hydroxyl groups excluding tert-OH is 1. The Labute approximate surface area is 238 Å². The van der Waals surface area contributed by atoms with Gasteiger partial charge >= 0.3 is 0 Å². The molecule has 214 valence electrons. The molecule has 3 aromatic rings. The van der Waals surface area contributed by atoms with Crippen molar-refractivity contribution in [2.75, 3.05) is 32.1 Å². The maximum atomic E-state index is 13.4. The van der Waals surface area contributed by atoms with Crippen molar-refractivity contribution < 1.29 is 29.1 Å². The van der Waals surface area contributed by atoms with E-state index in [0.717, 1.165) is 11.1 Å². The third-order valence-corrected chi connectivity index (χ3v) is 6.56. The van der Waals surface area contributed by atoms with Crippen LogP contribution in [-0.4, -0.2) is 72.4 Å². The molecule has 0 radical (unpaired) electrons. The van der Waals surface area contributed by atoms with Gasteiger partial charge in [-0.3, -0.25) is 14.4 Å². The zero-order valence-electron chi connectivity index (χ0n) is 23.1. The van der Waals surface area contributed by atoms with E-state index in [9.17, 15) is 19.5 Å². The quantitative estimate of drug-likeness (QED) is 0.309. The first kappa shape index (κ1) is 29.3. The number of hydrogen-bond acceptors (Lipinski definition) is 7. The number of anilines is 1. The van der Waals surface area contributed by atoms with Gasteiger partial charge in [-0.1, -0.05) is 47.6 Å². The molecule has 2 atom stereocenters. The van der Waals surface area contributed by atoms with E-state index in [-0.39, 0.29) is 43.8 Å². The Morgan fingerprint density at radius 2 is 1.68 bits per heavy atom. The fourth-order valence-corrected chi connectivity index (χ4v) is 4.60. The molecule has 1 saturated heterocycles. The molecule has 1 fully saturated rings. The Balaban J connectivity index is 1.30. The minimum atomic E-state index is -0.941. The summed E-state index contributed by atoms with van der Waals surface area (Å²) >= 11 is 0. The highest BCUT2D eigenvalue weighted by molar-refractivity contribution is 6.01. The lowest BCUT2D eigenvalue weighted by molar-refractivity contribution is -0.122. The fraction of sp³-hybridized carbons (Fsp3) is 0.290. The number of hydrogen-bond donors (Lipinski definition) is 3. The smallest absolute Gasteiger partial charge is 0.254 e. The number of benzene rings is 3. The Hall–Kier alpha value is -4.70. The Morgan fingerprint density at radius 3 is 2.34 bits per heavy atom. The van der Waals surface area contributed by atoms with Crippen LogP contribution in [0.2, 0.25) is 0 Å². The number of ether oxygens (including phenoxy) is 1. The maximum Gasteiger partial charge on any atom is 0.254 e. The molecule has 0 spiro atoms. The molecule has 3 aromatic carbocycles. The second kappa shape index (κ2) is 14.1. The van der Waals surface area contributed by atoms with Crippen LogP contribution >= 0.6 is 0 Å². The first-order valence-corrected chi connectivity index (χ1v) is 13.3. The SMILES string of the molecule is CON=C1C[C@@H](CC(=O)NCC(O)COc2ccc(NC(C)=O)cc2)N(C(=O)c2ccc(-c3ccccc3)cc2)C1. The second-order valence-electron chi connectivity index (χ2n) is 9.75. The lowest BCUT2D eigenvalue weighted by Gasteiger charge is -2.24. The van der Waals surface area contributed by atoms with Crippen molar-refractivity contribution in [3.05, 3.63) is 84.4 Å². The van der Waals surface area contributed by atoms with Crippen LogP contribution in [0.3, 0.4) is 0 Å². The van der Waals surface area contributed by atoms with E-state index in [4.69, 9.17) is 9.57 Å². The lowest BCUT2D eigenvalue weighted by Crippen LogP contribution is -2.41. The fourth-order valence-electron chi connectivity index (χ4n) is 4.60. The van der Waals surface area contributed by atoms with Crippen LogP contribution in [-0.2, 0) is 14.4 Å². The van der Waals surface area contributed by atoms with Gasteiger partial charge in [-0.15, -0.1) is 0 Å². The molecule has 10 heteroatoms. The summed E-state index contributed by atoms with van der Waals surface area (Å²) in [7, 11) is 1.45. The standard InChI is InChI=1S/C31H34N4O6/c1-21(36)33-25-12-14-29(15-13-25)41-20-28(37)18-32-30(38)17-27-16-26(34-40-2)19-35(27)31(39)24-10-8-23(9-11-24)22-6-4-3-5-7-22/h3-15,27-28,37H,16-20H2,1-2H3,(H,32,38)(H,33,36)/t27-,28?/m0/s1. The van der Waals surface area contributed by atoms with Crippen molar-refractivity contribution >= 4 is 29.1 Å². The van der Waals surface area contributed by atoms with E-state index in [0.29, 0.717) is 29.1 Å². The summed E-state index contributed by atoms with van der Waals surface area (Å²) in [5.74, 6) is -0.146. The molecular weight excluding hydrogens is 524 g/mol. The number of oxime groups is 1. The second-order valence-corrected chi connectivity index (χ2v) is 9.75. The number of rotatable bonds is 11. The average molecular weight is 559 g/mol. The van der Waals surface area contributed by atoms with E-state index in [1.165, 1.54) is 14.0 Å². The molecule has 3 N–H and O–H groups in total.